The van der Waals surface area contributed by atoms with E-state index in [9.17, 15) is 18.0 Å². The standard InChI is InChI=1S/C17H14F3N3O2/c18-17(19,20)12-4-3-5-13(10-12)25-9-7-21-16(24)14-11-22-23-8-2-1-6-15(14)23/h1-6,8,10-11H,7,9H2,(H,21,24). The lowest BCUT2D eigenvalue weighted by atomic mass is 10.2. The van der Waals surface area contributed by atoms with E-state index in [0.717, 1.165) is 12.1 Å². The van der Waals surface area contributed by atoms with E-state index in [1.165, 1.54) is 18.3 Å². The first-order chi connectivity index (χ1) is 11.9. The molecule has 2 aromatic heterocycles. The maximum atomic E-state index is 12.6. The second kappa shape index (κ2) is 6.84. The summed E-state index contributed by atoms with van der Waals surface area (Å²) >= 11 is 0. The number of ether oxygens (including phenoxy) is 1. The molecule has 0 fully saturated rings. The van der Waals surface area contributed by atoms with Crippen molar-refractivity contribution in [2.45, 2.75) is 6.18 Å². The van der Waals surface area contributed by atoms with Crippen LogP contribution in [0.4, 0.5) is 13.2 Å². The minimum atomic E-state index is -4.42. The van der Waals surface area contributed by atoms with Crippen LogP contribution in [0.2, 0.25) is 0 Å². The number of fused-ring (bicyclic) bond motifs is 1. The zero-order valence-corrected chi connectivity index (χ0v) is 13.0. The van der Waals surface area contributed by atoms with Gasteiger partial charge in [-0.25, -0.2) is 4.52 Å². The lowest BCUT2D eigenvalue weighted by Gasteiger charge is -2.10. The van der Waals surface area contributed by atoms with E-state index in [1.54, 1.807) is 28.9 Å². The Balaban J connectivity index is 1.54. The van der Waals surface area contributed by atoms with Crippen molar-refractivity contribution in [2.24, 2.45) is 0 Å². The summed E-state index contributed by atoms with van der Waals surface area (Å²) in [5, 5.41) is 6.72. The number of amides is 1. The van der Waals surface area contributed by atoms with Crippen molar-refractivity contribution in [3.05, 3.63) is 66.0 Å². The lowest BCUT2D eigenvalue weighted by Crippen LogP contribution is -2.28. The lowest BCUT2D eigenvalue weighted by molar-refractivity contribution is -0.137. The molecule has 25 heavy (non-hydrogen) atoms. The second-order valence-corrected chi connectivity index (χ2v) is 5.22. The van der Waals surface area contributed by atoms with Gasteiger partial charge < -0.3 is 10.1 Å². The van der Waals surface area contributed by atoms with Crippen LogP contribution < -0.4 is 10.1 Å². The Kier molecular flexibility index (Phi) is 4.60. The Morgan fingerprint density at radius 3 is 2.84 bits per heavy atom. The van der Waals surface area contributed by atoms with Crippen LogP contribution in [0.5, 0.6) is 5.75 Å². The smallest absolute Gasteiger partial charge is 0.416 e. The van der Waals surface area contributed by atoms with E-state index in [4.69, 9.17) is 4.74 Å². The van der Waals surface area contributed by atoms with Crippen LogP contribution in [0.25, 0.3) is 5.52 Å². The monoisotopic (exact) mass is 349 g/mol. The molecule has 0 atom stereocenters. The third kappa shape index (κ3) is 3.90. The quantitative estimate of drug-likeness (QED) is 0.720. The van der Waals surface area contributed by atoms with E-state index in [1.807, 2.05) is 0 Å². The fourth-order valence-electron chi connectivity index (χ4n) is 2.30. The first-order valence-electron chi connectivity index (χ1n) is 7.46. The van der Waals surface area contributed by atoms with Gasteiger partial charge in [-0.15, -0.1) is 0 Å². The molecule has 0 radical (unpaired) electrons. The molecule has 8 heteroatoms. The van der Waals surface area contributed by atoms with Crippen molar-refractivity contribution >= 4 is 11.4 Å². The van der Waals surface area contributed by atoms with Gasteiger partial charge in [-0.2, -0.15) is 18.3 Å². The summed E-state index contributed by atoms with van der Waals surface area (Å²) in [4.78, 5) is 12.1. The molecule has 0 unspecified atom stereocenters. The number of nitrogens with zero attached hydrogens (tertiary/aromatic N) is 2. The van der Waals surface area contributed by atoms with Crippen LogP contribution in [0.1, 0.15) is 15.9 Å². The van der Waals surface area contributed by atoms with E-state index in [0.29, 0.717) is 11.1 Å². The van der Waals surface area contributed by atoms with Crippen molar-refractivity contribution in [3.8, 4) is 5.75 Å². The largest absolute Gasteiger partial charge is 0.492 e. The molecular weight excluding hydrogens is 335 g/mol. The van der Waals surface area contributed by atoms with Gasteiger partial charge in [0.15, 0.2) is 0 Å². The molecule has 0 saturated heterocycles. The Morgan fingerprint density at radius 2 is 2.04 bits per heavy atom. The van der Waals surface area contributed by atoms with Crippen molar-refractivity contribution in [2.75, 3.05) is 13.2 Å². The minimum absolute atomic E-state index is 0.0479. The molecular formula is C17H14F3N3O2. The highest BCUT2D eigenvalue weighted by Crippen LogP contribution is 2.31. The Hall–Kier alpha value is -3.03. The van der Waals surface area contributed by atoms with Crippen LogP contribution in [0.15, 0.2) is 54.9 Å². The van der Waals surface area contributed by atoms with Crippen molar-refractivity contribution in [1.29, 1.82) is 0 Å². The number of carbonyl (C=O) groups excluding carboxylic acids is 1. The molecule has 0 saturated carbocycles. The van der Waals surface area contributed by atoms with Gasteiger partial charge in [0.05, 0.1) is 29.4 Å². The number of hydrogen-bond donors (Lipinski definition) is 1. The normalized spacial score (nSPS) is 11.5. The van der Waals surface area contributed by atoms with Gasteiger partial charge in [0.25, 0.3) is 5.91 Å². The van der Waals surface area contributed by atoms with Crippen LogP contribution in [0.3, 0.4) is 0 Å². The first kappa shape index (κ1) is 16.8. The van der Waals surface area contributed by atoms with Crippen LogP contribution in [0, 0.1) is 0 Å². The molecule has 2 heterocycles. The van der Waals surface area contributed by atoms with Crippen LogP contribution in [-0.4, -0.2) is 28.7 Å². The second-order valence-electron chi connectivity index (χ2n) is 5.22. The number of pyridine rings is 1. The highest BCUT2D eigenvalue weighted by atomic mass is 19.4. The van der Waals surface area contributed by atoms with Gasteiger partial charge in [0, 0.05) is 6.20 Å². The number of nitrogens with one attached hydrogen (secondary N) is 1. The summed E-state index contributed by atoms with van der Waals surface area (Å²) in [5.74, 6) is -0.228. The molecule has 0 spiro atoms. The molecule has 0 aliphatic carbocycles. The summed E-state index contributed by atoms with van der Waals surface area (Å²) in [7, 11) is 0. The molecule has 1 N–H and O–H groups in total. The highest BCUT2D eigenvalue weighted by molar-refractivity contribution is 6.00. The van der Waals surface area contributed by atoms with E-state index in [-0.39, 0.29) is 24.8 Å². The fraction of sp³-hybridized carbons (Fsp3) is 0.176. The summed E-state index contributed by atoms with van der Waals surface area (Å²) in [6, 6.07) is 9.96. The van der Waals surface area contributed by atoms with Gasteiger partial charge >= 0.3 is 6.18 Å². The van der Waals surface area contributed by atoms with Crippen molar-refractivity contribution in [1.82, 2.24) is 14.9 Å². The number of hydrogen-bond acceptors (Lipinski definition) is 3. The molecule has 3 rings (SSSR count). The van der Waals surface area contributed by atoms with Crippen LogP contribution >= 0.6 is 0 Å². The molecule has 0 aliphatic heterocycles. The van der Waals surface area contributed by atoms with Gasteiger partial charge in [0.1, 0.15) is 12.4 Å². The molecule has 1 amide bonds. The molecule has 0 aliphatic rings. The SMILES string of the molecule is O=C(NCCOc1cccc(C(F)(F)F)c1)c1cnn2ccccc12. The number of halogens is 3. The van der Waals surface area contributed by atoms with E-state index >= 15 is 0 Å². The topological polar surface area (TPSA) is 55.6 Å². The fourth-order valence-corrected chi connectivity index (χ4v) is 2.30. The average molecular weight is 349 g/mol. The van der Waals surface area contributed by atoms with E-state index < -0.39 is 11.7 Å². The van der Waals surface area contributed by atoms with Crippen LogP contribution in [-0.2, 0) is 6.18 Å². The molecule has 5 nitrogen and oxygen atoms in total. The molecule has 3 aromatic rings. The number of benzene rings is 1. The summed E-state index contributed by atoms with van der Waals surface area (Å²) in [6.45, 7) is 0.200. The number of alkyl halides is 3. The van der Waals surface area contributed by atoms with Crippen molar-refractivity contribution < 1.29 is 22.7 Å². The van der Waals surface area contributed by atoms with E-state index in [2.05, 4.69) is 10.4 Å². The Morgan fingerprint density at radius 1 is 1.20 bits per heavy atom. The predicted octanol–water partition coefficient (Wildman–Crippen LogP) is 3.16. The third-order valence-corrected chi connectivity index (χ3v) is 3.49. The first-order valence-corrected chi connectivity index (χ1v) is 7.46. The molecule has 1 aromatic carbocycles. The number of aromatic nitrogens is 2. The van der Waals surface area contributed by atoms with Gasteiger partial charge in [-0.3, -0.25) is 4.79 Å². The number of rotatable bonds is 5. The molecule has 0 bridgehead atoms. The third-order valence-electron chi connectivity index (χ3n) is 3.49. The van der Waals surface area contributed by atoms with Crippen molar-refractivity contribution in [3.63, 3.8) is 0 Å². The highest BCUT2D eigenvalue weighted by Gasteiger charge is 2.30. The van der Waals surface area contributed by atoms with Gasteiger partial charge in [-0.05, 0) is 30.3 Å². The van der Waals surface area contributed by atoms with Gasteiger partial charge in [-0.1, -0.05) is 12.1 Å². The predicted molar refractivity (Wildman–Crippen MR) is 84.5 cm³/mol. The maximum absolute atomic E-state index is 12.6. The maximum Gasteiger partial charge on any atom is 0.416 e. The molecule has 130 valence electrons. The Bertz CT molecular complexity index is 890. The zero-order valence-electron chi connectivity index (χ0n) is 13.0. The Labute approximate surface area is 141 Å². The average Bonchev–Trinajstić information content (AvgIpc) is 3.02. The summed E-state index contributed by atoms with van der Waals surface area (Å²) < 4.78 is 44.7. The zero-order chi connectivity index (χ0) is 17.9. The summed E-state index contributed by atoms with van der Waals surface area (Å²) in [6.07, 6.45) is -1.24. The number of carbonyl (C=O) groups is 1. The van der Waals surface area contributed by atoms with Gasteiger partial charge in [0.2, 0.25) is 0 Å². The summed E-state index contributed by atoms with van der Waals surface area (Å²) in [5.41, 5.74) is 0.304. The minimum Gasteiger partial charge on any atom is -0.492 e.